The molecule has 8 heteroatoms. The van der Waals surface area contributed by atoms with E-state index >= 15 is 0 Å². The van der Waals surface area contributed by atoms with Crippen LogP contribution in [-0.2, 0) is 25.2 Å². The Hall–Kier alpha value is -1.26. The van der Waals surface area contributed by atoms with Gasteiger partial charge in [0.15, 0.2) is 0 Å². The molecule has 1 rings (SSSR count). The van der Waals surface area contributed by atoms with Crippen molar-refractivity contribution in [3.05, 3.63) is 35.4 Å². The Morgan fingerprint density at radius 1 is 0.811 bits per heavy atom. The Bertz CT molecular complexity index is 763. The van der Waals surface area contributed by atoms with E-state index < -0.39 is 13.9 Å². The fourth-order valence-electron chi connectivity index (χ4n) is 4.25. The summed E-state index contributed by atoms with van der Waals surface area (Å²) in [5, 5.41) is 9.21. The standard InChI is InChI=1S/C29H50NO6P/c1-2-3-4-5-6-7-8-9-10-11-12-13-14-15-16-19-22-34-25-29(26-36-37(31,32)33)35-24-28-21-18-17-20-27(28)23-30/h17-18,20-21,29H,2-16,19,22,24-26H2,1H3,(H2,31,32,33)/t29-/m1/s1. The van der Waals surface area contributed by atoms with Gasteiger partial charge in [0.2, 0.25) is 0 Å². The zero-order valence-electron chi connectivity index (χ0n) is 23.0. The van der Waals surface area contributed by atoms with Crippen LogP contribution in [0.3, 0.4) is 0 Å². The molecule has 0 spiro atoms. The molecule has 0 saturated heterocycles. The van der Waals surface area contributed by atoms with Gasteiger partial charge in [-0.25, -0.2) is 4.57 Å². The molecule has 7 nitrogen and oxygen atoms in total. The maximum atomic E-state index is 11.1. The van der Waals surface area contributed by atoms with Crippen LogP contribution in [0.5, 0.6) is 0 Å². The van der Waals surface area contributed by atoms with Crippen LogP contribution in [0.15, 0.2) is 24.3 Å². The normalized spacial score (nSPS) is 12.5. The van der Waals surface area contributed by atoms with E-state index in [4.69, 9.17) is 19.3 Å². The van der Waals surface area contributed by atoms with Gasteiger partial charge in [0, 0.05) is 6.61 Å². The first-order valence-corrected chi connectivity index (χ1v) is 15.9. The number of hydrogen-bond donors (Lipinski definition) is 2. The Morgan fingerprint density at radius 3 is 1.84 bits per heavy atom. The van der Waals surface area contributed by atoms with E-state index in [0.29, 0.717) is 17.7 Å². The van der Waals surface area contributed by atoms with Gasteiger partial charge in [-0.3, -0.25) is 4.52 Å². The number of hydrogen-bond acceptors (Lipinski definition) is 5. The minimum absolute atomic E-state index is 0.140. The van der Waals surface area contributed by atoms with Crippen LogP contribution >= 0.6 is 7.82 Å². The average Bonchev–Trinajstić information content (AvgIpc) is 2.88. The quantitative estimate of drug-likeness (QED) is 0.0962. The molecule has 0 aliphatic carbocycles. The second-order valence-corrected chi connectivity index (χ2v) is 11.1. The third kappa shape index (κ3) is 20.4. The first-order valence-electron chi connectivity index (χ1n) is 14.3. The van der Waals surface area contributed by atoms with Gasteiger partial charge in [-0.2, -0.15) is 5.26 Å². The molecule has 0 saturated carbocycles. The molecule has 212 valence electrons. The zero-order valence-corrected chi connectivity index (χ0v) is 23.8. The highest BCUT2D eigenvalue weighted by Crippen LogP contribution is 2.36. The van der Waals surface area contributed by atoms with Crippen LogP contribution < -0.4 is 0 Å². The maximum Gasteiger partial charge on any atom is 0.469 e. The highest BCUT2D eigenvalue weighted by Gasteiger charge is 2.19. The molecule has 0 aliphatic rings. The number of unbranched alkanes of at least 4 members (excludes halogenated alkanes) is 15. The van der Waals surface area contributed by atoms with Gasteiger partial charge >= 0.3 is 7.82 Å². The summed E-state index contributed by atoms with van der Waals surface area (Å²) in [6.07, 6.45) is 20.4. The molecule has 0 heterocycles. The zero-order chi connectivity index (χ0) is 27.0. The summed E-state index contributed by atoms with van der Waals surface area (Å²) in [6.45, 7) is 2.87. The molecule has 0 unspecified atom stereocenters. The summed E-state index contributed by atoms with van der Waals surface area (Å²) < 4.78 is 27.2. The average molecular weight is 540 g/mol. The second kappa shape index (κ2) is 22.7. The van der Waals surface area contributed by atoms with Crippen molar-refractivity contribution in [2.24, 2.45) is 0 Å². The van der Waals surface area contributed by atoms with Crippen molar-refractivity contribution >= 4 is 7.82 Å². The second-order valence-electron chi connectivity index (χ2n) is 9.87. The minimum Gasteiger partial charge on any atom is -0.379 e. The van der Waals surface area contributed by atoms with E-state index in [1.807, 2.05) is 6.07 Å². The van der Waals surface area contributed by atoms with E-state index in [0.717, 1.165) is 12.8 Å². The van der Waals surface area contributed by atoms with Crippen LogP contribution in [-0.4, -0.2) is 35.7 Å². The summed E-state index contributed by atoms with van der Waals surface area (Å²) >= 11 is 0. The van der Waals surface area contributed by atoms with Crippen LogP contribution in [0.25, 0.3) is 0 Å². The number of nitrogens with zero attached hydrogens (tertiary/aromatic N) is 1. The summed E-state index contributed by atoms with van der Waals surface area (Å²) in [4.78, 5) is 18.0. The number of nitriles is 1. The Labute approximate surface area is 225 Å². The van der Waals surface area contributed by atoms with Crippen LogP contribution in [0, 0.1) is 11.3 Å². The molecule has 0 amide bonds. The van der Waals surface area contributed by atoms with Crippen molar-refractivity contribution in [3.63, 3.8) is 0 Å². The molecule has 2 N–H and O–H groups in total. The molecule has 0 bridgehead atoms. The summed E-state index contributed by atoms with van der Waals surface area (Å²) in [5.41, 5.74) is 1.22. The molecule has 1 atom stereocenters. The SMILES string of the molecule is CCCCCCCCCCCCCCCCCCOC[C@H](COP(=O)(O)O)OCc1ccccc1C#N. The van der Waals surface area contributed by atoms with E-state index in [2.05, 4.69) is 17.5 Å². The molecule has 0 fully saturated rings. The molecule has 0 radical (unpaired) electrons. The molecule has 0 aliphatic heterocycles. The van der Waals surface area contributed by atoms with Crippen LogP contribution in [0.1, 0.15) is 121 Å². The highest BCUT2D eigenvalue weighted by atomic mass is 31.2. The van der Waals surface area contributed by atoms with Gasteiger partial charge in [-0.05, 0) is 18.1 Å². The molecule has 37 heavy (non-hydrogen) atoms. The fourth-order valence-corrected chi connectivity index (χ4v) is 4.61. The van der Waals surface area contributed by atoms with Gasteiger partial charge in [0.25, 0.3) is 0 Å². The number of ether oxygens (including phenoxy) is 2. The maximum absolute atomic E-state index is 11.1. The Balaban J connectivity index is 2.05. The fraction of sp³-hybridized carbons (Fsp3) is 0.759. The van der Waals surface area contributed by atoms with Crippen molar-refractivity contribution in [3.8, 4) is 6.07 Å². The van der Waals surface area contributed by atoms with E-state index in [1.165, 1.54) is 89.9 Å². The molecular formula is C29H50NO6P. The van der Waals surface area contributed by atoms with E-state index in [1.54, 1.807) is 18.2 Å². The third-order valence-electron chi connectivity index (χ3n) is 6.49. The number of benzene rings is 1. The van der Waals surface area contributed by atoms with Gasteiger partial charge in [-0.1, -0.05) is 121 Å². The Kier molecular flexibility index (Phi) is 20.7. The van der Waals surface area contributed by atoms with Crippen molar-refractivity contribution < 1.29 is 28.3 Å². The number of phosphoric ester groups is 1. The minimum atomic E-state index is -4.60. The summed E-state index contributed by atoms with van der Waals surface area (Å²) in [6, 6.07) is 9.19. The number of phosphoric acid groups is 1. The lowest BCUT2D eigenvalue weighted by Gasteiger charge is -2.19. The van der Waals surface area contributed by atoms with Gasteiger partial charge in [0.05, 0.1) is 31.5 Å². The lowest BCUT2D eigenvalue weighted by atomic mass is 10.0. The molecule has 0 aromatic heterocycles. The Morgan fingerprint density at radius 2 is 1.32 bits per heavy atom. The predicted molar refractivity (Wildman–Crippen MR) is 148 cm³/mol. The van der Waals surface area contributed by atoms with Crippen LogP contribution in [0.2, 0.25) is 0 Å². The van der Waals surface area contributed by atoms with Gasteiger partial charge in [0.1, 0.15) is 6.10 Å². The van der Waals surface area contributed by atoms with Gasteiger partial charge < -0.3 is 19.3 Å². The lowest BCUT2D eigenvalue weighted by molar-refractivity contribution is -0.0493. The smallest absolute Gasteiger partial charge is 0.379 e. The molecular weight excluding hydrogens is 489 g/mol. The van der Waals surface area contributed by atoms with E-state index in [9.17, 15) is 9.83 Å². The topological polar surface area (TPSA) is 109 Å². The van der Waals surface area contributed by atoms with Crippen molar-refractivity contribution in [2.45, 2.75) is 122 Å². The van der Waals surface area contributed by atoms with Crippen molar-refractivity contribution in [1.29, 1.82) is 5.26 Å². The van der Waals surface area contributed by atoms with Crippen molar-refractivity contribution in [1.82, 2.24) is 0 Å². The van der Waals surface area contributed by atoms with Crippen LogP contribution in [0.4, 0.5) is 0 Å². The molecule has 1 aromatic carbocycles. The predicted octanol–water partition coefficient (Wildman–Crippen LogP) is 7.83. The highest BCUT2D eigenvalue weighted by molar-refractivity contribution is 7.46. The van der Waals surface area contributed by atoms with E-state index in [-0.39, 0.29) is 19.8 Å². The van der Waals surface area contributed by atoms with Gasteiger partial charge in [-0.15, -0.1) is 0 Å². The molecule has 1 aromatic rings. The van der Waals surface area contributed by atoms with Crippen molar-refractivity contribution in [2.75, 3.05) is 19.8 Å². The third-order valence-corrected chi connectivity index (χ3v) is 6.97. The summed E-state index contributed by atoms with van der Waals surface area (Å²) in [5.74, 6) is 0. The first kappa shape index (κ1) is 33.8. The first-order chi connectivity index (χ1) is 18.0. The monoisotopic (exact) mass is 539 g/mol. The lowest BCUT2D eigenvalue weighted by Crippen LogP contribution is -2.25. The number of rotatable bonds is 25. The largest absolute Gasteiger partial charge is 0.469 e. The summed E-state index contributed by atoms with van der Waals surface area (Å²) in [7, 11) is -4.60.